The molecule has 0 aromatic heterocycles. The summed E-state index contributed by atoms with van der Waals surface area (Å²) in [5, 5.41) is 0. The molecule has 3 nitrogen and oxygen atoms in total. The monoisotopic (exact) mass is 595 g/mol. The summed E-state index contributed by atoms with van der Waals surface area (Å²) in [6, 6.07) is 5.64. The minimum Gasteiger partial charge on any atom is -0.488 e. The van der Waals surface area contributed by atoms with Crippen molar-refractivity contribution >= 4 is 11.4 Å². The molecule has 0 heterocycles. The summed E-state index contributed by atoms with van der Waals surface area (Å²) in [5.74, 6) is 7.37. The predicted molar refractivity (Wildman–Crippen MR) is 189 cm³/mol. The van der Waals surface area contributed by atoms with Crippen molar-refractivity contribution in [1.82, 2.24) is 0 Å². The van der Waals surface area contributed by atoms with E-state index in [1.54, 1.807) is 0 Å². The van der Waals surface area contributed by atoms with Crippen LogP contribution in [0.4, 0.5) is 11.4 Å². The first-order chi connectivity index (χ1) is 20.3. The topological polar surface area (TPSA) is 61.3 Å². The number of nitrogen functional groups attached to an aromatic ring is 2. The van der Waals surface area contributed by atoms with E-state index in [1.807, 2.05) is 18.2 Å². The number of hydrogen-bond donors (Lipinski definition) is 2. The van der Waals surface area contributed by atoms with Gasteiger partial charge >= 0.3 is 0 Å². The van der Waals surface area contributed by atoms with Crippen molar-refractivity contribution < 1.29 is 4.74 Å². The van der Waals surface area contributed by atoms with Gasteiger partial charge in [-0.2, -0.15) is 0 Å². The van der Waals surface area contributed by atoms with Gasteiger partial charge in [0.05, 0.1) is 11.8 Å². The standard InChI is InChI=1S/C33H52N2O.C4H10.C3H8/c1-21(2)7-6-8-22(3)27-12-13-28-26-11-9-23-19-25(36-31-14-10-24(34)20-30(31)35)15-17-32(23,4)29(26)16-18-33(27,28)5;1-4(2)3;1-3-2/h9-11,14,20-23,25-29H,6-8,12-13,15-19,34-35H2,1-5H3;4H,1-3H3;3H2,1-2H3. The summed E-state index contributed by atoms with van der Waals surface area (Å²) in [5.41, 5.74) is 14.4. The van der Waals surface area contributed by atoms with Gasteiger partial charge in [-0.15, -0.1) is 0 Å². The lowest BCUT2D eigenvalue weighted by atomic mass is 9.46. The fraction of sp³-hybridized carbons (Fsp3) is 0.800. The Morgan fingerprint density at radius 1 is 0.837 bits per heavy atom. The maximum atomic E-state index is 6.43. The Morgan fingerprint density at radius 3 is 2.09 bits per heavy atom. The molecular formula is C40H70N2O. The second kappa shape index (κ2) is 15.6. The molecule has 1 aromatic rings. The van der Waals surface area contributed by atoms with Crippen LogP contribution in [0.5, 0.6) is 5.75 Å². The van der Waals surface area contributed by atoms with Gasteiger partial charge in [0.1, 0.15) is 5.75 Å². The molecule has 3 heteroatoms. The predicted octanol–water partition coefficient (Wildman–Crippen LogP) is 11.6. The summed E-state index contributed by atoms with van der Waals surface area (Å²) in [7, 11) is 0. The second-order valence-electron chi connectivity index (χ2n) is 16.6. The fourth-order valence-corrected chi connectivity index (χ4v) is 9.57. The number of nitrogens with two attached hydrogens (primary N) is 2. The number of fused-ring (bicyclic) bond motifs is 5. The molecule has 9 unspecified atom stereocenters. The molecule has 0 bridgehead atoms. The maximum Gasteiger partial charge on any atom is 0.142 e. The van der Waals surface area contributed by atoms with Gasteiger partial charge in [0.2, 0.25) is 0 Å². The summed E-state index contributed by atoms with van der Waals surface area (Å²) in [6.07, 6.45) is 20.3. The van der Waals surface area contributed by atoms with Crippen LogP contribution in [0.1, 0.15) is 140 Å². The smallest absolute Gasteiger partial charge is 0.142 e. The number of hydrogen-bond acceptors (Lipinski definition) is 3. The molecule has 4 aliphatic carbocycles. The summed E-state index contributed by atoms with van der Waals surface area (Å²) < 4.78 is 6.43. The second-order valence-corrected chi connectivity index (χ2v) is 16.6. The summed E-state index contributed by atoms with van der Waals surface area (Å²) in [6.45, 7) is 23.4. The van der Waals surface area contributed by atoms with E-state index < -0.39 is 0 Å². The molecule has 4 aliphatic rings. The van der Waals surface area contributed by atoms with Gasteiger partial charge in [0, 0.05) is 5.69 Å². The van der Waals surface area contributed by atoms with E-state index in [1.165, 1.54) is 57.8 Å². The average Bonchev–Trinajstić information content (AvgIpc) is 3.27. The third-order valence-electron chi connectivity index (χ3n) is 11.6. The zero-order valence-electron chi connectivity index (χ0n) is 29.9. The molecule has 3 saturated carbocycles. The Labute approximate surface area is 267 Å². The molecule has 0 aliphatic heterocycles. The molecule has 1 aromatic carbocycles. The third-order valence-corrected chi connectivity index (χ3v) is 11.6. The highest BCUT2D eigenvalue weighted by atomic mass is 16.5. The Bertz CT molecular complexity index is 1010. The number of benzene rings is 1. The molecule has 0 radical (unpaired) electrons. The number of ether oxygens (including phenoxy) is 1. The summed E-state index contributed by atoms with van der Waals surface area (Å²) in [4.78, 5) is 0. The number of allylic oxidation sites excluding steroid dienone is 2. The van der Waals surface area contributed by atoms with Gasteiger partial charge in [-0.25, -0.2) is 0 Å². The van der Waals surface area contributed by atoms with Crippen LogP contribution in [0.15, 0.2) is 30.4 Å². The van der Waals surface area contributed by atoms with E-state index in [9.17, 15) is 0 Å². The number of anilines is 2. The van der Waals surface area contributed by atoms with Crippen LogP contribution in [0.3, 0.4) is 0 Å². The van der Waals surface area contributed by atoms with Crippen molar-refractivity contribution in [1.29, 1.82) is 0 Å². The Morgan fingerprint density at radius 2 is 1.47 bits per heavy atom. The van der Waals surface area contributed by atoms with Gasteiger partial charge in [-0.05, 0) is 121 Å². The minimum atomic E-state index is 0.242. The van der Waals surface area contributed by atoms with E-state index >= 15 is 0 Å². The third kappa shape index (κ3) is 8.55. The van der Waals surface area contributed by atoms with Crippen molar-refractivity contribution in [3.8, 4) is 5.75 Å². The minimum absolute atomic E-state index is 0.242. The van der Waals surface area contributed by atoms with Crippen LogP contribution < -0.4 is 16.2 Å². The molecule has 246 valence electrons. The molecule has 43 heavy (non-hydrogen) atoms. The van der Waals surface area contributed by atoms with Crippen LogP contribution >= 0.6 is 0 Å². The normalized spacial score (nSPS) is 35.1. The molecule has 4 N–H and O–H groups in total. The van der Waals surface area contributed by atoms with E-state index in [0.717, 1.165) is 60.0 Å². The molecule has 0 spiro atoms. The van der Waals surface area contributed by atoms with E-state index in [-0.39, 0.29) is 6.10 Å². The highest BCUT2D eigenvalue weighted by Gasteiger charge is 2.59. The van der Waals surface area contributed by atoms with Gasteiger partial charge in [0.15, 0.2) is 0 Å². The largest absolute Gasteiger partial charge is 0.488 e. The van der Waals surface area contributed by atoms with Gasteiger partial charge < -0.3 is 16.2 Å². The van der Waals surface area contributed by atoms with Crippen molar-refractivity contribution in [2.24, 2.45) is 58.2 Å². The van der Waals surface area contributed by atoms with Crippen LogP contribution in [-0.2, 0) is 0 Å². The van der Waals surface area contributed by atoms with E-state index in [2.05, 4.69) is 81.4 Å². The molecule has 0 saturated heterocycles. The maximum absolute atomic E-state index is 6.43. The van der Waals surface area contributed by atoms with Crippen LogP contribution in [0.25, 0.3) is 0 Å². The molecule has 0 amide bonds. The van der Waals surface area contributed by atoms with Crippen LogP contribution in [0, 0.1) is 58.2 Å². The average molecular weight is 595 g/mol. The SMILES string of the molecule is CC(C)C.CC(C)CCCC(C)C1CCC2C3C=CC4CC(Oc5ccc(N)cc5N)CCC4(C)C3CCC12C.CCC. The lowest BCUT2D eigenvalue weighted by Gasteiger charge is -2.59. The van der Waals surface area contributed by atoms with Crippen molar-refractivity contribution in [2.45, 2.75) is 146 Å². The highest BCUT2D eigenvalue weighted by molar-refractivity contribution is 5.60. The molecule has 3 fully saturated rings. The highest BCUT2D eigenvalue weighted by Crippen LogP contribution is 2.67. The Hall–Kier alpha value is -1.64. The van der Waals surface area contributed by atoms with Crippen molar-refractivity contribution in [2.75, 3.05) is 11.5 Å². The quantitative estimate of drug-likeness (QED) is 0.244. The molecule has 9 atom stereocenters. The number of rotatable bonds is 7. The lowest BCUT2D eigenvalue weighted by Crippen LogP contribution is -2.52. The van der Waals surface area contributed by atoms with Crippen molar-refractivity contribution in [3.05, 3.63) is 30.4 Å². The van der Waals surface area contributed by atoms with Gasteiger partial charge in [0.25, 0.3) is 0 Å². The zero-order valence-corrected chi connectivity index (χ0v) is 29.9. The van der Waals surface area contributed by atoms with Crippen molar-refractivity contribution in [3.63, 3.8) is 0 Å². The fourth-order valence-electron chi connectivity index (χ4n) is 9.57. The van der Waals surface area contributed by atoms with Gasteiger partial charge in [-0.3, -0.25) is 0 Å². The first-order valence-electron chi connectivity index (χ1n) is 18.3. The Kier molecular flexibility index (Phi) is 13.0. The zero-order chi connectivity index (χ0) is 31.9. The molecule has 5 rings (SSSR count). The lowest BCUT2D eigenvalue weighted by molar-refractivity contribution is -0.0782. The summed E-state index contributed by atoms with van der Waals surface area (Å²) >= 11 is 0. The van der Waals surface area contributed by atoms with Crippen LogP contribution in [-0.4, -0.2) is 6.10 Å². The first kappa shape index (κ1) is 35.8. The molecular weight excluding hydrogens is 524 g/mol. The van der Waals surface area contributed by atoms with E-state index in [4.69, 9.17) is 16.2 Å². The first-order valence-corrected chi connectivity index (χ1v) is 18.3. The van der Waals surface area contributed by atoms with E-state index in [0.29, 0.717) is 28.1 Å². The van der Waals surface area contributed by atoms with Gasteiger partial charge in [-0.1, -0.05) is 107 Å². The van der Waals surface area contributed by atoms with Crippen LogP contribution in [0.2, 0.25) is 0 Å². The Balaban J connectivity index is 0.000000657.